The van der Waals surface area contributed by atoms with Gasteiger partial charge in [0.1, 0.15) is 0 Å². The van der Waals surface area contributed by atoms with E-state index in [-0.39, 0.29) is 11.6 Å². The molecular formula is C11H21BrN4O. The Labute approximate surface area is 111 Å². The van der Waals surface area contributed by atoms with Gasteiger partial charge in [0.25, 0.3) is 0 Å². The summed E-state index contributed by atoms with van der Waals surface area (Å²) in [5.74, 6) is 0. The molecule has 1 aromatic heterocycles. The minimum Gasteiger partial charge on any atom is -0.374 e. The highest BCUT2D eigenvalue weighted by atomic mass is 79.9. The molecule has 1 N–H and O–H groups in total. The molecule has 0 saturated carbocycles. The van der Waals surface area contributed by atoms with Crippen LogP contribution in [-0.2, 0) is 11.8 Å². The molecule has 1 aromatic rings. The fourth-order valence-electron chi connectivity index (χ4n) is 1.52. The van der Waals surface area contributed by atoms with Crippen LogP contribution in [-0.4, -0.2) is 33.7 Å². The van der Waals surface area contributed by atoms with Crippen molar-refractivity contribution in [2.45, 2.75) is 39.3 Å². The summed E-state index contributed by atoms with van der Waals surface area (Å²) in [5.41, 5.74) is 0.864. The van der Waals surface area contributed by atoms with Gasteiger partial charge in [-0.1, -0.05) is 12.1 Å². The smallest absolute Gasteiger partial charge is 0.153 e. The molecule has 17 heavy (non-hydrogen) atoms. The van der Waals surface area contributed by atoms with Crippen LogP contribution in [0.5, 0.6) is 0 Å². The van der Waals surface area contributed by atoms with Crippen molar-refractivity contribution in [3.05, 3.63) is 10.3 Å². The van der Waals surface area contributed by atoms with Gasteiger partial charge in [-0.25, -0.2) is 4.68 Å². The largest absolute Gasteiger partial charge is 0.374 e. The van der Waals surface area contributed by atoms with Crippen LogP contribution in [0.2, 0.25) is 0 Å². The van der Waals surface area contributed by atoms with Gasteiger partial charge in [0, 0.05) is 7.05 Å². The van der Waals surface area contributed by atoms with E-state index in [1.165, 1.54) is 0 Å². The summed E-state index contributed by atoms with van der Waals surface area (Å²) in [4.78, 5) is 0. The summed E-state index contributed by atoms with van der Waals surface area (Å²) in [5, 5.41) is 11.4. The van der Waals surface area contributed by atoms with Gasteiger partial charge in [0.2, 0.25) is 0 Å². The zero-order valence-electron chi connectivity index (χ0n) is 11.1. The van der Waals surface area contributed by atoms with Crippen LogP contribution in [0.1, 0.15) is 39.4 Å². The molecule has 1 rings (SSSR count). The van der Waals surface area contributed by atoms with E-state index in [4.69, 9.17) is 4.74 Å². The topological polar surface area (TPSA) is 52.0 Å². The van der Waals surface area contributed by atoms with Gasteiger partial charge in [0.15, 0.2) is 4.60 Å². The lowest BCUT2D eigenvalue weighted by Gasteiger charge is -2.25. The first-order valence-electron chi connectivity index (χ1n) is 5.77. The Balaban J connectivity index is 2.79. The van der Waals surface area contributed by atoms with E-state index in [1.807, 2.05) is 27.8 Å². The summed E-state index contributed by atoms with van der Waals surface area (Å²) < 4.78 is 8.36. The molecule has 0 radical (unpaired) electrons. The van der Waals surface area contributed by atoms with Crippen molar-refractivity contribution in [2.75, 3.05) is 13.2 Å². The van der Waals surface area contributed by atoms with Crippen molar-refractivity contribution < 1.29 is 4.74 Å². The second-order valence-corrected chi connectivity index (χ2v) is 5.67. The first kappa shape index (κ1) is 14.6. The number of rotatable bonds is 5. The minimum absolute atomic E-state index is 0.0913. The molecule has 0 aliphatic heterocycles. The van der Waals surface area contributed by atoms with E-state index in [0.29, 0.717) is 6.61 Å². The van der Waals surface area contributed by atoms with Gasteiger partial charge in [-0.3, -0.25) is 0 Å². The van der Waals surface area contributed by atoms with E-state index < -0.39 is 0 Å². The second-order valence-electron chi connectivity index (χ2n) is 4.92. The van der Waals surface area contributed by atoms with Crippen LogP contribution < -0.4 is 5.32 Å². The minimum atomic E-state index is -0.147. The molecular weight excluding hydrogens is 284 g/mol. The van der Waals surface area contributed by atoms with Crippen LogP contribution in [0.25, 0.3) is 0 Å². The first-order valence-corrected chi connectivity index (χ1v) is 6.57. The maximum Gasteiger partial charge on any atom is 0.153 e. The number of halogens is 1. The molecule has 0 spiro atoms. The number of nitrogens with zero attached hydrogens (tertiary/aromatic N) is 3. The van der Waals surface area contributed by atoms with Crippen LogP contribution >= 0.6 is 15.9 Å². The van der Waals surface area contributed by atoms with E-state index in [9.17, 15) is 0 Å². The molecule has 1 unspecified atom stereocenters. The molecule has 1 heterocycles. The maximum absolute atomic E-state index is 5.83. The predicted octanol–water partition coefficient (Wildman–Crippen LogP) is 2.04. The summed E-state index contributed by atoms with van der Waals surface area (Å²) in [7, 11) is 1.88. The fraction of sp³-hybridized carbons (Fsp3) is 0.818. The highest BCUT2D eigenvalue weighted by molar-refractivity contribution is 9.10. The molecule has 0 aromatic carbocycles. The molecule has 5 nitrogen and oxygen atoms in total. The Bertz CT molecular complexity index is 339. The summed E-state index contributed by atoms with van der Waals surface area (Å²) in [6, 6.07) is 0.0913. The van der Waals surface area contributed by atoms with Crippen LogP contribution in [0, 0.1) is 0 Å². The summed E-state index contributed by atoms with van der Waals surface area (Å²) >= 11 is 3.42. The van der Waals surface area contributed by atoms with Crippen molar-refractivity contribution >= 4 is 15.9 Å². The third-order valence-electron chi connectivity index (χ3n) is 2.29. The molecule has 1 atom stereocenters. The number of nitrogens with one attached hydrogen (secondary N) is 1. The number of aryl methyl sites for hydroxylation is 1. The molecule has 0 bridgehead atoms. The van der Waals surface area contributed by atoms with Crippen LogP contribution in [0.4, 0.5) is 0 Å². The first-order chi connectivity index (χ1) is 7.85. The monoisotopic (exact) mass is 304 g/mol. The average Bonchev–Trinajstić information content (AvgIpc) is 2.53. The van der Waals surface area contributed by atoms with Gasteiger partial charge in [-0.05, 0) is 43.2 Å². The third-order valence-corrected chi connectivity index (χ3v) is 2.86. The Morgan fingerprint density at radius 2 is 2.12 bits per heavy atom. The Hall–Kier alpha value is -0.460. The zero-order valence-corrected chi connectivity index (χ0v) is 12.7. The quantitative estimate of drug-likeness (QED) is 0.904. The summed E-state index contributed by atoms with van der Waals surface area (Å²) in [6.07, 6.45) is 0. The van der Waals surface area contributed by atoms with Gasteiger partial charge in [-0.15, -0.1) is 5.10 Å². The molecule has 6 heteroatoms. The van der Waals surface area contributed by atoms with E-state index in [2.05, 4.69) is 38.5 Å². The number of ether oxygens (including phenoxy) is 1. The SMILES string of the molecule is CCNC(COC(C)(C)C)c1c(Br)nnn1C. The average molecular weight is 305 g/mol. The molecule has 98 valence electrons. The Morgan fingerprint density at radius 1 is 1.47 bits per heavy atom. The Kier molecular flexibility index (Phi) is 5.09. The van der Waals surface area contributed by atoms with Gasteiger partial charge >= 0.3 is 0 Å². The van der Waals surface area contributed by atoms with Crippen molar-refractivity contribution in [1.29, 1.82) is 0 Å². The highest BCUT2D eigenvalue weighted by Gasteiger charge is 2.22. The molecule has 0 aliphatic rings. The second kappa shape index (κ2) is 5.93. The standard InChI is InChI=1S/C11H21BrN4O/c1-6-13-8(7-17-11(2,3)4)9-10(12)14-15-16(9)5/h8,13H,6-7H2,1-5H3. The van der Waals surface area contributed by atoms with E-state index in [1.54, 1.807) is 4.68 Å². The maximum atomic E-state index is 5.83. The lowest BCUT2D eigenvalue weighted by atomic mass is 10.1. The van der Waals surface area contributed by atoms with Crippen molar-refractivity contribution in [3.63, 3.8) is 0 Å². The van der Waals surface area contributed by atoms with Crippen molar-refractivity contribution in [2.24, 2.45) is 7.05 Å². The van der Waals surface area contributed by atoms with Gasteiger partial charge < -0.3 is 10.1 Å². The van der Waals surface area contributed by atoms with E-state index >= 15 is 0 Å². The van der Waals surface area contributed by atoms with E-state index in [0.717, 1.165) is 16.8 Å². The lowest BCUT2D eigenvalue weighted by Crippen LogP contribution is -2.31. The van der Waals surface area contributed by atoms with Crippen LogP contribution in [0.15, 0.2) is 4.60 Å². The summed E-state index contributed by atoms with van der Waals surface area (Å²) in [6.45, 7) is 9.68. The molecule has 0 aliphatic carbocycles. The normalized spacial score (nSPS) is 14.0. The number of aromatic nitrogens is 3. The molecule has 0 saturated heterocycles. The number of hydrogen-bond donors (Lipinski definition) is 1. The lowest BCUT2D eigenvalue weighted by molar-refractivity contribution is -0.0156. The predicted molar refractivity (Wildman–Crippen MR) is 70.8 cm³/mol. The third kappa shape index (κ3) is 4.37. The van der Waals surface area contributed by atoms with Crippen molar-refractivity contribution in [1.82, 2.24) is 20.3 Å². The zero-order chi connectivity index (χ0) is 13.1. The highest BCUT2D eigenvalue weighted by Crippen LogP contribution is 2.22. The van der Waals surface area contributed by atoms with Crippen molar-refractivity contribution in [3.8, 4) is 0 Å². The van der Waals surface area contributed by atoms with Gasteiger partial charge in [0.05, 0.1) is 23.9 Å². The molecule has 0 amide bonds. The Morgan fingerprint density at radius 3 is 2.53 bits per heavy atom. The number of hydrogen-bond acceptors (Lipinski definition) is 4. The number of likely N-dealkylation sites (N-methyl/N-ethyl adjacent to an activating group) is 1. The molecule has 0 fully saturated rings. The van der Waals surface area contributed by atoms with Crippen LogP contribution in [0.3, 0.4) is 0 Å². The fourth-order valence-corrected chi connectivity index (χ4v) is 2.13. The van der Waals surface area contributed by atoms with Gasteiger partial charge in [-0.2, -0.15) is 0 Å².